The Morgan fingerprint density at radius 3 is 1.94 bits per heavy atom. The van der Waals surface area contributed by atoms with Crippen LogP contribution in [0.4, 0.5) is 0 Å². The first kappa shape index (κ1) is 29.6. The molecule has 12 nitrogen and oxygen atoms in total. The van der Waals surface area contributed by atoms with E-state index in [0.717, 1.165) is 0 Å². The van der Waals surface area contributed by atoms with Gasteiger partial charge in [0.05, 0.1) is 18.6 Å². The second-order valence-corrected chi connectivity index (χ2v) is 8.54. The number of aliphatic carboxylic acids is 1. The molecule has 0 heterocycles. The fourth-order valence-electron chi connectivity index (χ4n) is 2.61. The van der Waals surface area contributed by atoms with E-state index in [1.54, 1.807) is 13.2 Å². The Morgan fingerprint density at radius 2 is 1.50 bits per heavy atom. The molecule has 0 fully saturated rings. The third kappa shape index (κ3) is 10.3. The van der Waals surface area contributed by atoms with Crippen LogP contribution in [0.15, 0.2) is 0 Å². The molecule has 0 saturated heterocycles. The maximum Gasteiger partial charge on any atom is 0.328 e. The molecule has 32 heavy (non-hydrogen) atoms. The summed E-state index contributed by atoms with van der Waals surface area (Å²) in [6, 6.07) is -5.04. The van der Waals surface area contributed by atoms with Crippen LogP contribution in [0.25, 0.3) is 0 Å². The Balaban J connectivity index is 5.51. The van der Waals surface area contributed by atoms with E-state index in [2.05, 4.69) is 16.0 Å². The summed E-state index contributed by atoms with van der Waals surface area (Å²) in [5, 5.41) is 25.7. The molecule has 6 unspecified atom stereocenters. The Labute approximate surface area is 191 Å². The van der Waals surface area contributed by atoms with E-state index in [1.807, 2.05) is 6.92 Å². The molecule has 0 radical (unpaired) electrons. The summed E-state index contributed by atoms with van der Waals surface area (Å²) in [6.45, 7) is 4.81. The minimum absolute atomic E-state index is 0.133. The Morgan fingerprint density at radius 1 is 0.969 bits per heavy atom. The third-order valence-electron chi connectivity index (χ3n) is 4.89. The third-order valence-corrected chi connectivity index (χ3v) is 5.53. The van der Waals surface area contributed by atoms with Crippen molar-refractivity contribution in [2.75, 3.05) is 12.0 Å². The summed E-state index contributed by atoms with van der Waals surface area (Å²) < 4.78 is 0. The zero-order chi connectivity index (χ0) is 25.0. The number of rotatable bonds is 15. The minimum Gasteiger partial charge on any atom is -0.480 e. The van der Waals surface area contributed by atoms with Gasteiger partial charge < -0.3 is 37.6 Å². The zero-order valence-corrected chi connectivity index (χ0v) is 19.6. The van der Waals surface area contributed by atoms with E-state index < -0.39 is 66.3 Å². The van der Waals surface area contributed by atoms with Crippen LogP contribution in [-0.2, 0) is 24.0 Å². The molecule has 0 rings (SSSR count). The zero-order valence-electron chi connectivity index (χ0n) is 18.8. The van der Waals surface area contributed by atoms with E-state index in [0.29, 0.717) is 12.2 Å². The smallest absolute Gasteiger partial charge is 0.328 e. The van der Waals surface area contributed by atoms with Gasteiger partial charge in [0.2, 0.25) is 23.6 Å². The lowest BCUT2D eigenvalue weighted by Gasteiger charge is -2.26. The molecule has 0 bridgehead atoms. The lowest BCUT2D eigenvalue weighted by atomic mass is 9.99. The summed E-state index contributed by atoms with van der Waals surface area (Å²) >= 11 is 1.39. The number of carboxylic acids is 1. The number of carboxylic acid groups (broad SMARTS) is 1. The van der Waals surface area contributed by atoms with Crippen molar-refractivity contribution in [2.45, 2.75) is 70.3 Å². The van der Waals surface area contributed by atoms with Crippen LogP contribution in [0.2, 0.25) is 0 Å². The van der Waals surface area contributed by atoms with E-state index in [4.69, 9.17) is 16.6 Å². The predicted molar refractivity (Wildman–Crippen MR) is 119 cm³/mol. The van der Waals surface area contributed by atoms with Crippen molar-refractivity contribution in [3.63, 3.8) is 0 Å². The number of primary amides is 1. The van der Waals surface area contributed by atoms with E-state index in [-0.39, 0.29) is 12.3 Å². The molecular formula is C19H35N5O7S. The van der Waals surface area contributed by atoms with Crippen molar-refractivity contribution >= 4 is 41.4 Å². The summed E-state index contributed by atoms with van der Waals surface area (Å²) in [7, 11) is 0. The van der Waals surface area contributed by atoms with E-state index >= 15 is 0 Å². The number of carbonyl (C=O) groups excluding carboxylic acids is 4. The van der Waals surface area contributed by atoms with Crippen LogP contribution >= 0.6 is 11.8 Å². The van der Waals surface area contributed by atoms with Gasteiger partial charge in [-0.05, 0) is 31.3 Å². The monoisotopic (exact) mass is 477 g/mol. The van der Waals surface area contributed by atoms with Crippen LogP contribution in [-0.4, -0.2) is 82.1 Å². The molecule has 0 aliphatic carbocycles. The lowest BCUT2D eigenvalue weighted by molar-refractivity contribution is -0.145. The second-order valence-electron chi connectivity index (χ2n) is 7.55. The first-order chi connectivity index (χ1) is 14.8. The average molecular weight is 478 g/mol. The quantitative estimate of drug-likeness (QED) is 0.137. The molecule has 6 atom stereocenters. The molecule has 13 heteroatoms. The highest BCUT2D eigenvalue weighted by molar-refractivity contribution is 7.98. The first-order valence-corrected chi connectivity index (χ1v) is 11.6. The van der Waals surface area contributed by atoms with Crippen LogP contribution in [0, 0.1) is 5.92 Å². The van der Waals surface area contributed by atoms with Gasteiger partial charge >= 0.3 is 5.97 Å². The fourth-order valence-corrected chi connectivity index (χ4v) is 3.08. The Hall–Kier alpha value is -2.38. The number of nitrogens with one attached hydrogen (secondary N) is 3. The standard InChI is InChI=1S/C19H35N5O7S/c1-5-9(2)14(21)18(29)23-12(8-13(20)26)17(28)22-11(6-7-32-4)16(27)24-15(10(3)25)19(30)31/h9-12,14-15,25H,5-8,21H2,1-4H3,(H2,20,26)(H,22,28)(H,23,29)(H,24,27)(H,30,31). The number of hydrogen-bond donors (Lipinski definition) is 7. The molecule has 0 saturated carbocycles. The Bertz CT molecular complexity index is 676. The van der Waals surface area contributed by atoms with Gasteiger partial charge in [-0.3, -0.25) is 19.2 Å². The van der Waals surface area contributed by atoms with E-state index in [9.17, 15) is 29.1 Å². The fraction of sp³-hybridized carbons (Fsp3) is 0.737. The van der Waals surface area contributed by atoms with Crippen LogP contribution in [0.3, 0.4) is 0 Å². The normalized spacial score (nSPS) is 16.6. The number of aliphatic hydroxyl groups is 1. The van der Waals surface area contributed by atoms with Crippen molar-refractivity contribution in [3.05, 3.63) is 0 Å². The highest BCUT2D eigenvalue weighted by Crippen LogP contribution is 2.07. The van der Waals surface area contributed by atoms with Crippen molar-refractivity contribution in [3.8, 4) is 0 Å². The predicted octanol–water partition coefficient (Wildman–Crippen LogP) is -2.09. The molecule has 0 spiro atoms. The molecule has 0 aliphatic heterocycles. The van der Waals surface area contributed by atoms with Crippen molar-refractivity contribution < 1.29 is 34.2 Å². The molecular weight excluding hydrogens is 442 g/mol. The topological polar surface area (TPSA) is 214 Å². The Kier molecular flexibility index (Phi) is 13.5. The van der Waals surface area contributed by atoms with Gasteiger partial charge in [-0.2, -0.15) is 11.8 Å². The van der Waals surface area contributed by atoms with Gasteiger partial charge in [0.15, 0.2) is 6.04 Å². The van der Waals surface area contributed by atoms with Gasteiger partial charge in [0.25, 0.3) is 0 Å². The van der Waals surface area contributed by atoms with Gasteiger partial charge in [-0.15, -0.1) is 0 Å². The summed E-state index contributed by atoms with van der Waals surface area (Å²) in [5.41, 5.74) is 11.1. The van der Waals surface area contributed by atoms with Gasteiger partial charge in [0, 0.05) is 0 Å². The largest absolute Gasteiger partial charge is 0.480 e. The van der Waals surface area contributed by atoms with Crippen molar-refractivity contribution in [2.24, 2.45) is 17.4 Å². The first-order valence-electron chi connectivity index (χ1n) is 10.2. The molecule has 184 valence electrons. The molecule has 9 N–H and O–H groups in total. The summed E-state index contributed by atoms with van der Waals surface area (Å²) in [5.74, 6) is -4.36. The lowest BCUT2D eigenvalue weighted by Crippen LogP contribution is -2.59. The minimum atomic E-state index is -1.58. The van der Waals surface area contributed by atoms with Crippen molar-refractivity contribution in [1.29, 1.82) is 0 Å². The van der Waals surface area contributed by atoms with Crippen LogP contribution < -0.4 is 27.4 Å². The molecule has 0 aromatic carbocycles. The number of hydrogen-bond acceptors (Lipinski definition) is 8. The van der Waals surface area contributed by atoms with Crippen LogP contribution in [0.5, 0.6) is 0 Å². The summed E-state index contributed by atoms with van der Waals surface area (Å²) in [6.07, 6.45) is 0.629. The van der Waals surface area contributed by atoms with Gasteiger partial charge in [-0.25, -0.2) is 4.79 Å². The number of thioether (sulfide) groups is 1. The molecule has 0 aromatic heterocycles. The maximum atomic E-state index is 12.8. The highest BCUT2D eigenvalue weighted by Gasteiger charge is 2.32. The van der Waals surface area contributed by atoms with Crippen LogP contribution in [0.1, 0.15) is 40.0 Å². The molecule has 0 aromatic rings. The number of amides is 4. The van der Waals surface area contributed by atoms with E-state index in [1.165, 1.54) is 18.7 Å². The maximum absolute atomic E-state index is 12.8. The number of carbonyl (C=O) groups is 5. The second kappa shape index (κ2) is 14.6. The van der Waals surface area contributed by atoms with Crippen molar-refractivity contribution in [1.82, 2.24) is 16.0 Å². The van der Waals surface area contributed by atoms with Gasteiger partial charge in [0.1, 0.15) is 12.1 Å². The highest BCUT2D eigenvalue weighted by atomic mass is 32.2. The molecule has 4 amide bonds. The SMILES string of the molecule is CCC(C)C(N)C(=O)NC(CC(N)=O)C(=O)NC(CCSC)C(=O)NC(C(=O)O)C(C)O. The number of aliphatic hydroxyl groups excluding tert-OH is 1. The molecule has 0 aliphatic rings. The average Bonchev–Trinajstić information content (AvgIpc) is 2.71. The van der Waals surface area contributed by atoms with Gasteiger partial charge in [-0.1, -0.05) is 20.3 Å². The summed E-state index contributed by atoms with van der Waals surface area (Å²) in [4.78, 5) is 60.4. The number of nitrogens with two attached hydrogens (primary N) is 2.